The fourth-order valence-electron chi connectivity index (χ4n) is 2.80. The fraction of sp³-hybridized carbons (Fsp3) is 0.429. The van der Waals surface area contributed by atoms with Crippen LogP contribution in [0, 0.1) is 5.92 Å². The lowest BCUT2D eigenvalue weighted by Crippen LogP contribution is -2.20. The predicted octanol–water partition coefficient (Wildman–Crippen LogP) is 3.19. The third kappa shape index (κ3) is 1.98. The van der Waals surface area contributed by atoms with E-state index in [0.717, 1.165) is 36.8 Å². The summed E-state index contributed by atoms with van der Waals surface area (Å²) in [5.41, 5.74) is 2.92. The summed E-state index contributed by atoms with van der Waals surface area (Å²) in [5, 5.41) is 8.99. The Morgan fingerprint density at radius 2 is 2.06 bits per heavy atom. The highest BCUT2D eigenvalue weighted by atomic mass is 16.4. The van der Waals surface area contributed by atoms with Crippen LogP contribution in [0.15, 0.2) is 29.0 Å². The highest BCUT2D eigenvalue weighted by Gasteiger charge is 2.26. The van der Waals surface area contributed by atoms with Gasteiger partial charge in [-0.2, -0.15) is 0 Å². The number of benzene rings is 1. The summed E-state index contributed by atoms with van der Waals surface area (Å²) in [6, 6.07) is 6.09. The number of rotatable bonds is 2. The third-order valence-electron chi connectivity index (χ3n) is 3.90. The van der Waals surface area contributed by atoms with Crippen molar-refractivity contribution in [1.29, 1.82) is 0 Å². The van der Waals surface area contributed by atoms with Crippen molar-refractivity contribution >= 4 is 17.1 Å². The first-order valence-electron chi connectivity index (χ1n) is 6.30. The molecule has 1 N–H and O–H groups in total. The first kappa shape index (κ1) is 11.3. The minimum absolute atomic E-state index is 0.157. The van der Waals surface area contributed by atoms with Crippen molar-refractivity contribution in [3.63, 3.8) is 0 Å². The topological polar surface area (TPSA) is 63.3 Å². The van der Waals surface area contributed by atoms with Crippen LogP contribution in [-0.2, 0) is 4.79 Å². The van der Waals surface area contributed by atoms with Crippen molar-refractivity contribution in [2.45, 2.75) is 31.6 Å². The maximum atomic E-state index is 10.9. The maximum absolute atomic E-state index is 10.9. The fourth-order valence-corrected chi connectivity index (χ4v) is 2.80. The van der Waals surface area contributed by atoms with E-state index < -0.39 is 5.97 Å². The largest absolute Gasteiger partial charge is 0.481 e. The normalized spacial score (nSPS) is 24.2. The molecule has 0 atom stereocenters. The van der Waals surface area contributed by atoms with Gasteiger partial charge in [0, 0.05) is 0 Å². The SMILES string of the molecule is O=C(O)C1CCC(c2ccc3ncoc3c2)CC1. The molecule has 0 aliphatic heterocycles. The maximum Gasteiger partial charge on any atom is 0.306 e. The molecule has 0 amide bonds. The van der Waals surface area contributed by atoms with E-state index in [1.54, 1.807) is 0 Å². The molecule has 3 rings (SSSR count). The van der Waals surface area contributed by atoms with Crippen LogP contribution in [-0.4, -0.2) is 16.1 Å². The summed E-state index contributed by atoms with van der Waals surface area (Å²) < 4.78 is 5.30. The van der Waals surface area contributed by atoms with Crippen LogP contribution < -0.4 is 0 Å². The van der Waals surface area contributed by atoms with Gasteiger partial charge in [0.25, 0.3) is 0 Å². The predicted molar refractivity (Wildman–Crippen MR) is 66.3 cm³/mol. The number of aliphatic carboxylic acids is 1. The van der Waals surface area contributed by atoms with Crippen LogP contribution in [0.5, 0.6) is 0 Å². The molecule has 2 aromatic rings. The average Bonchev–Trinajstić information content (AvgIpc) is 2.86. The summed E-state index contributed by atoms with van der Waals surface area (Å²) in [7, 11) is 0. The van der Waals surface area contributed by atoms with Gasteiger partial charge in [-0.15, -0.1) is 0 Å². The Kier molecular flexibility index (Phi) is 2.78. The molecule has 1 heterocycles. The number of hydrogen-bond acceptors (Lipinski definition) is 3. The highest BCUT2D eigenvalue weighted by molar-refractivity contribution is 5.73. The summed E-state index contributed by atoms with van der Waals surface area (Å²) in [6.45, 7) is 0. The minimum Gasteiger partial charge on any atom is -0.481 e. The second-order valence-corrected chi connectivity index (χ2v) is 4.97. The van der Waals surface area contributed by atoms with Crippen LogP contribution in [0.2, 0.25) is 0 Å². The van der Waals surface area contributed by atoms with Gasteiger partial charge in [0.1, 0.15) is 5.52 Å². The molecule has 0 saturated heterocycles. The number of aromatic nitrogens is 1. The second kappa shape index (κ2) is 4.44. The summed E-state index contributed by atoms with van der Waals surface area (Å²) in [5.74, 6) is -0.357. The standard InChI is InChI=1S/C14H15NO3/c16-14(17)10-3-1-9(2-4-10)11-5-6-12-13(7-11)18-8-15-12/h5-10H,1-4H2,(H,16,17). The second-order valence-electron chi connectivity index (χ2n) is 4.97. The van der Waals surface area contributed by atoms with Gasteiger partial charge in [-0.05, 0) is 49.3 Å². The summed E-state index contributed by atoms with van der Waals surface area (Å²) in [6.07, 6.45) is 4.88. The van der Waals surface area contributed by atoms with E-state index in [0.29, 0.717) is 5.92 Å². The van der Waals surface area contributed by atoms with Gasteiger partial charge in [0.15, 0.2) is 12.0 Å². The molecule has 1 aromatic heterocycles. The van der Waals surface area contributed by atoms with Gasteiger partial charge >= 0.3 is 5.97 Å². The molecule has 18 heavy (non-hydrogen) atoms. The molecule has 94 valence electrons. The molecular weight excluding hydrogens is 230 g/mol. The number of carboxylic acid groups (broad SMARTS) is 1. The van der Waals surface area contributed by atoms with E-state index in [1.165, 1.54) is 12.0 Å². The minimum atomic E-state index is -0.654. The first-order chi connectivity index (χ1) is 8.74. The number of carboxylic acids is 1. The third-order valence-corrected chi connectivity index (χ3v) is 3.90. The van der Waals surface area contributed by atoms with Crippen LogP contribution in [0.25, 0.3) is 11.1 Å². The molecule has 0 unspecified atom stereocenters. The Labute approximate surface area is 105 Å². The molecule has 1 fully saturated rings. The monoisotopic (exact) mass is 245 g/mol. The van der Waals surface area contributed by atoms with E-state index in [4.69, 9.17) is 9.52 Å². The smallest absolute Gasteiger partial charge is 0.306 e. The Hall–Kier alpha value is -1.84. The summed E-state index contributed by atoms with van der Waals surface area (Å²) >= 11 is 0. The zero-order valence-electron chi connectivity index (χ0n) is 10.0. The lowest BCUT2D eigenvalue weighted by atomic mass is 9.79. The number of oxazole rings is 1. The van der Waals surface area contributed by atoms with Crippen LogP contribution in [0.4, 0.5) is 0 Å². The number of hydrogen-bond donors (Lipinski definition) is 1. The van der Waals surface area contributed by atoms with Gasteiger partial charge in [-0.1, -0.05) is 6.07 Å². The van der Waals surface area contributed by atoms with Gasteiger partial charge in [0.05, 0.1) is 5.92 Å². The van der Waals surface area contributed by atoms with Crippen LogP contribution in [0.1, 0.15) is 37.2 Å². The molecule has 4 nitrogen and oxygen atoms in total. The van der Waals surface area contributed by atoms with E-state index in [1.807, 2.05) is 12.1 Å². The van der Waals surface area contributed by atoms with Crippen LogP contribution in [0.3, 0.4) is 0 Å². The van der Waals surface area contributed by atoms with Gasteiger partial charge < -0.3 is 9.52 Å². The van der Waals surface area contributed by atoms with E-state index in [9.17, 15) is 4.79 Å². The average molecular weight is 245 g/mol. The summed E-state index contributed by atoms with van der Waals surface area (Å²) in [4.78, 5) is 15.0. The lowest BCUT2D eigenvalue weighted by Gasteiger charge is -2.26. The van der Waals surface area contributed by atoms with Gasteiger partial charge in [-0.25, -0.2) is 4.98 Å². The molecule has 1 aromatic carbocycles. The molecular formula is C14H15NO3. The van der Waals surface area contributed by atoms with Crippen molar-refractivity contribution < 1.29 is 14.3 Å². The molecule has 1 aliphatic rings. The zero-order chi connectivity index (χ0) is 12.5. The van der Waals surface area contributed by atoms with Gasteiger partial charge in [0.2, 0.25) is 0 Å². The zero-order valence-corrected chi connectivity index (χ0v) is 10.0. The number of nitrogens with zero attached hydrogens (tertiary/aromatic N) is 1. The molecule has 1 aliphatic carbocycles. The lowest BCUT2D eigenvalue weighted by molar-refractivity contribution is -0.142. The Balaban J connectivity index is 1.77. The molecule has 0 bridgehead atoms. The first-order valence-corrected chi connectivity index (χ1v) is 6.30. The van der Waals surface area contributed by atoms with Gasteiger partial charge in [-0.3, -0.25) is 4.79 Å². The van der Waals surface area contributed by atoms with Crippen molar-refractivity contribution in [2.24, 2.45) is 5.92 Å². The van der Waals surface area contributed by atoms with Crippen molar-refractivity contribution in [1.82, 2.24) is 4.98 Å². The molecule has 0 radical (unpaired) electrons. The van der Waals surface area contributed by atoms with E-state index in [2.05, 4.69) is 11.1 Å². The van der Waals surface area contributed by atoms with Crippen molar-refractivity contribution in [3.8, 4) is 0 Å². The Morgan fingerprint density at radius 1 is 1.28 bits per heavy atom. The Bertz CT molecular complexity index is 567. The van der Waals surface area contributed by atoms with Crippen molar-refractivity contribution in [2.75, 3.05) is 0 Å². The van der Waals surface area contributed by atoms with E-state index in [-0.39, 0.29) is 5.92 Å². The van der Waals surface area contributed by atoms with E-state index >= 15 is 0 Å². The number of carbonyl (C=O) groups is 1. The quantitative estimate of drug-likeness (QED) is 0.882. The Morgan fingerprint density at radius 3 is 2.78 bits per heavy atom. The molecule has 0 spiro atoms. The number of fused-ring (bicyclic) bond motifs is 1. The molecule has 4 heteroatoms. The highest BCUT2D eigenvalue weighted by Crippen LogP contribution is 2.36. The van der Waals surface area contributed by atoms with Crippen molar-refractivity contribution in [3.05, 3.63) is 30.2 Å². The van der Waals surface area contributed by atoms with Crippen LogP contribution >= 0.6 is 0 Å². The molecule has 1 saturated carbocycles.